The van der Waals surface area contributed by atoms with Crippen LogP contribution in [0.4, 0.5) is 0 Å². The Morgan fingerprint density at radius 1 is 0.349 bits per heavy atom. The van der Waals surface area contributed by atoms with Crippen molar-refractivity contribution in [3.8, 4) is 0 Å². The van der Waals surface area contributed by atoms with Crippen LogP contribution in [0.25, 0.3) is 0 Å². The molecule has 0 aliphatic heterocycles. The highest BCUT2D eigenvalue weighted by Crippen LogP contribution is 2.39. The lowest BCUT2D eigenvalue weighted by Gasteiger charge is -2.49. The second kappa shape index (κ2) is 30.6. The van der Waals surface area contributed by atoms with Gasteiger partial charge >= 0.3 is 41.5 Å². The highest BCUT2D eigenvalue weighted by Gasteiger charge is 2.59. The highest BCUT2D eigenvalue weighted by molar-refractivity contribution is 6.93. The van der Waals surface area contributed by atoms with E-state index >= 15 is 0 Å². The predicted molar refractivity (Wildman–Crippen MR) is 261 cm³/mol. The van der Waals surface area contributed by atoms with Gasteiger partial charge in [-0.15, -0.1) is 0 Å². The minimum Gasteiger partial charge on any atom is -0.466 e. The van der Waals surface area contributed by atoms with E-state index in [2.05, 4.69) is 65.5 Å². The van der Waals surface area contributed by atoms with Gasteiger partial charge in [0.25, 0.3) is 0 Å². The number of carbonyl (C=O) groups excluding carboxylic acids is 4. The standard InChI is InChI=1S/C42H86O15Si6/c1-37(2)35-47-23-17-33-62(53-58(9,10)29-19-25-49-39(5)43,54-59(11,12)30-20-26-50-40(6)44)57-63(34-18-24-48-36-38(3)4,55-60(13,14)31-21-27-51-41(7)45)56-61(15,16)32-22-28-52-42(8)46/h1,3,17-36H2,2,4-16H3. The first-order valence-corrected chi connectivity index (χ1v) is 38.8. The molecule has 0 heterocycles. The second-order valence-corrected chi connectivity index (χ2v) is 42.8. The van der Waals surface area contributed by atoms with Crippen LogP contribution in [0.15, 0.2) is 24.3 Å². The van der Waals surface area contributed by atoms with Crippen LogP contribution in [0.5, 0.6) is 0 Å². The monoisotopic (exact) mass is 998 g/mol. The molecule has 0 bridgehead atoms. The van der Waals surface area contributed by atoms with Gasteiger partial charge in [-0.2, -0.15) is 0 Å². The van der Waals surface area contributed by atoms with Crippen LogP contribution in [0.3, 0.4) is 0 Å². The van der Waals surface area contributed by atoms with Crippen molar-refractivity contribution in [3.63, 3.8) is 0 Å². The maximum absolute atomic E-state index is 11.7. The van der Waals surface area contributed by atoms with Crippen molar-refractivity contribution < 1.29 is 68.2 Å². The summed E-state index contributed by atoms with van der Waals surface area (Å²) in [5.74, 6) is -1.34. The molecular formula is C42H86O15Si6. The number of rotatable bonds is 38. The number of carbonyl (C=O) groups is 4. The molecule has 0 spiro atoms. The van der Waals surface area contributed by atoms with Crippen LogP contribution in [0.2, 0.25) is 88.6 Å². The Balaban J connectivity index is 7.86. The molecule has 0 N–H and O–H groups in total. The van der Waals surface area contributed by atoms with Crippen LogP contribution in [-0.2, 0) is 68.2 Å². The lowest BCUT2D eigenvalue weighted by molar-refractivity contribution is -0.141. The van der Waals surface area contributed by atoms with Gasteiger partial charge in [-0.25, -0.2) is 0 Å². The van der Waals surface area contributed by atoms with E-state index in [1.165, 1.54) is 27.7 Å². The normalized spacial score (nSPS) is 12.8. The first kappa shape index (κ1) is 61.4. The van der Waals surface area contributed by atoms with E-state index in [9.17, 15) is 19.2 Å². The molecule has 0 aromatic heterocycles. The fourth-order valence-electron chi connectivity index (χ4n) is 6.69. The van der Waals surface area contributed by atoms with Crippen LogP contribution in [-0.4, -0.2) is 128 Å². The lowest BCUT2D eigenvalue weighted by atomic mass is 10.4. The Morgan fingerprint density at radius 2 is 0.571 bits per heavy atom. The zero-order valence-electron chi connectivity index (χ0n) is 41.7. The van der Waals surface area contributed by atoms with E-state index < -0.39 is 50.9 Å². The molecule has 0 aliphatic carbocycles. The minimum absolute atomic E-state index is 0.270. The van der Waals surface area contributed by atoms with Crippen molar-refractivity contribution in [1.82, 2.24) is 0 Å². The SMILES string of the molecule is C=C(C)COCCC[Si](O[Si](C)(C)CCCOC(C)=O)(O[Si](C)(C)CCCOC(C)=O)O[Si](CCCOCC(=C)C)(O[Si](C)(C)CCCOC(C)=O)O[Si](C)(C)CCCOC(C)=O. The molecule has 0 rings (SSSR count). The van der Waals surface area contributed by atoms with Gasteiger partial charge < -0.3 is 49.0 Å². The van der Waals surface area contributed by atoms with Gasteiger partial charge in [0.05, 0.1) is 39.6 Å². The molecule has 0 saturated carbocycles. The van der Waals surface area contributed by atoms with Gasteiger partial charge in [-0.3, -0.25) is 19.2 Å². The summed E-state index contributed by atoms with van der Waals surface area (Å²) in [7, 11) is -18.4. The molecular weight excluding hydrogens is 913 g/mol. The molecule has 63 heavy (non-hydrogen) atoms. The van der Waals surface area contributed by atoms with E-state index in [1.54, 1.807) is 0 Å². The fourth-order valence-corrected chi connectivity index (χ4v) is 34.5. The molecule has 0 aliphatic rings. The van der Waals surface area contributed by atoms with Crippen molar-refractivity contribution in [2.45, 2.75) is 169 Å². The van der Waals surface area contributed by atoms with Crippen molar-refractivity contribution in [3.05, 3.63) is 24.3 Å². The Bertz CT molecular complexity index is 1240. The summed E-state index contributed by atoms with van der Waals surface area (Å²) in [5, 5.41) is 0. The minimum atomic E-state index is -3.87. The first-order chi connectivity index (χ1) is 29.0. The summed E-state index contributed by atoms with van der Waals surface area (Å²) in [6.45, 7) is 37.3. The molecule has 0 radical (unpaired) electrons. The van der Waals surface area contributed by atoms with Gasteiger partial charge in [-0.05, 0) is 129 Å². The number of hydrogen-bond acceptors (Lipinski definition) is 15. The Labute approximate surface area is 387 Å². The summed E-state index contributed by atoms with van der Waals surface area (Å²) in [4.78, 5) is 46.8. The Kier molecular flexibility index (Phi) is 29.8. The van der Waals surface area contributed by atoms with Crippen molar-refractivity contribution in [1.29, 1.82) is 0 Å². The summed E-state index contributed by atoms with van der Waals surface area (Å²) in [6, 6.07) is 3.50. The maximum Gasteiger partial charge on any atom is 0.472 e. The van der Waals surface area contributed by atoms with Gasteiger partial charge in [0.1, 0.15) is 0 Å². The third kappa shape index (κ3) is 33.5. The zero-order chi connectivity index (χ0) is 48.4. The van der Waals surface area contributed by atoms with E-state index in [4.69, 9.17) is 49.0 Å². The topological polar surface area (TPSA) is 170 Å². The fraction of sp³-hybridized carbons (Fsp3) is 0.810. The largest absolute Gasteiger partial charge is 0.472 e. The number of esters is 4. The van der Waals surface area contributed by atoms with Gasteiger partial charge in [-0.1, -0.05) is 24.3 Å². The van der Waals surface area contributed by atoms with Crippen LogP contribution in [0.1, 0.15) is 80.1 Å². The van der Waals surface area contributed by atoms with Crippen molar-refractivity contribution in [2.24, 2.45) is 0 Å². The van der Waals surface area contributed by atoms with E-state index in [-0.39, 0.29) is 50.3 Å². The first-order valence-electron chi connectivity index (χ1n) is 22.5. The average molecular weight is 1000 g/mol. The summed E-state index contributed by atoms with van der Waals surface area (Å²) in [5.41, 5.74) is 1.82. The van der Waals surface area contributed by atoms with Gasteiger partial charge in [0, 0.05) is 53.0 Å². The van der Waals surface area contributed by atoms with Crippen LogP contribution < -0.4 is 0 Å². The Morgan fingerprint density at radius 3 is 0.778 bits per heavy atom. The van der Waals surface area contributed by atoms with Crippen LogP contribution in [0, 0.1) is 0 Å². The molecule has 0 aromatic carbocycles. The zero-order valence-corrected chi connectivity index (χ0v) is 47.7. The Hall–Kier alpha value is -1.62. The molecule has 0 atom stereocenters. The van der Waals surface area contributed by atoms with Gasteiger partial charge in [0.2, 0.25) is 0 Å². The quantitative estimate of drug-likeness (QED) is 0.0188. The number of ether oxygens (including phenoxy) is 6. The maximum atomic E-state index is 11.7. The third-order valence-corrected chi connectivity index (χ3v) is 33.7. The molecule has 0 saturated heterocycles. The lowest BCUT2D eigenvalue weighted by Crippen LogP contribution is -2.68. The number of hydrogen-bond donors (Lipinski definition) is 0. The van der Waals surface area contributed by atoms with E-state index in [0.717, 1.165) is 11.1 Å². The van der Waals surface area contributed by atoms with Crippen molar-refractivity contribution in [2.75, 3.05) is 52.9 Å². The molecule has 0 amide bonds. The molecule has 368 valence electrons. The summed E-state index contributed by atoms with van der Waals surface area (Å²) >= 11 is 0. The summed E-state index contributed by atoms with van der Waals surface area (Å²) in [6.07, 6.45) is 3.55. The molecule has 0 fully saturated rings. The van der Waals surface area contributed by atoms with E-state index in [1.807, 2.05) is 13.8 Å². The van der Waals surface area contributed by atoms with Crippen molar-refractivity contribution >= 4 is 74.8 Å². The highest BCUT2D eigenvalue weighted by atomic mass is 28.5. The molecule has 21 heteroatoms. The smallest absolute Gasteiger partial charge is 0.466 e. The van der Waals surface area contributed by atoms with E-state index in [0.29, 0.717) is 101 Å². The molecule has 0 aromatic rings. The van der Waals surface area contributed by atoms with Gasteiger partial charge in [0.15, 0.2) is 33.3 Å². The second-order valence-electron chi connectivity index (χ2n) is 18.9. The molecule has 0 unspecified atom stereocenters. The van der Waals surface area contributed by atoms with Crippen LogP contribution >= 0.6 is 0 Å². The average Bonchev–Trinajstić information content (AvgIpc) is 3.10. The summed E-state index contributed by atoms with van der Waals surface area (Å²) < 4.78 is 71.5. The molecule has 15 nitrogen and oxygen atoms in total. The third-order valence-electron chi connectivity index (χ3n) is 9.19. The predicted octanol–water partition coefficient (Wildman–Crippen LogP) is 9.55.